The zero-order chi connectivity index (χ0) is 20.0. The number of benzene rings is 2. The minimum atomic E-state index is -4.56. The van der Waals surface area contributed by atoms with Crippen molar-refractivity contribution in [1.82, 2.24) is 0 Å². The van der Waals surface area contributed by atoms with Gasteiger partial charge >= 0.3 is 6.18 Å². The van der Waals surface area contributed by atoms with Crippen LogP contribution in [0.5, 0.6) is 0 Å². The van der Waals surface area contributed by atoms with Crippen molar-refractivity contribution in [3.05, 3.63) is 59.7 Å². The van der Waals surface area contributed by atoms with Crippen LogP contribution in [0.15, 0.2) is 48.5 Å². The first-order chi connectivity index (χ1) is 12.8. The Balaban J connectivity index is 2.10. The molecule has 0 aliphatic rings. The summed E-state index contributed by atoms with van der Waals surface area (Å²) in [5, 5.41) is 5.05. The zero-order valence-corrected chi connectivity index (χ0v) is 15.1. The summed E-state index contributed by atoms with van der Waals surface area (Å²) < 4.78 is 39.0. The summed E-state index contributed by atoms with van der Waals surface area (Å²) in [6.07, 6.45) is -3.12. The second kappa shape index (κ2) is 8.70. The van der Waals surface area contributed by atoms with Crippen LogP contribution in [0.3, 0.4) is 0 Å². The van der Waals surface area contributed by atoms with Gasteiger partial charge in [-0.2, -0.15) is 13.2 Å². The molecule has 0 unspecified atom stereocenters. The number of para-hydroxylation sites is 1. The molecule has 2 N–H and O–H groups in total. The van der Waals surface area contributed by atoms with Gasteiger partial charge in [-0.25, -0.2) is 0 Å². The van der Waals surface area contributed by atoms with E-state index in [2.05, 4.69) is 10.6 Å². The van der Waals surface area contributed by atoms with Crippen molar-refractivity contribution < 1.29 is 22.8 Å². The topological polar surface area (TPSA) is 58.2 Å². The predicted octanol–water partition coefficient (Wildman–Crippen LogP) is 5.33. The highest BCUT2D eigenvalue weighted by Crippen LogP contribution is 2.34. The van der Waals surface area contributed by atoms with E-state index in [0.29, 0.717) is 5.69 Å². The summed E-state index contributed by atoms with van der Waals surface area (Å²) in [6, 6.07) is 10.8. The number of carbonyl (C=O) groups is 2. The highest BCUT2D eigenvalue weighted by Gasteiger charge is 2.33. The largest absolute Gasteiger partial charge is 0.418 e. The normalized spacial score (nSPS) is 11.3. The molecule has 7 heteroatoms. The number of anilines is 2. The van der Waals surface area contributed by atoms with Crippen LogP contribution >= 0.6 is 0 Å². The Morgan fingerprint density at radius 3 is 2.07 bits per heavy atom. The number of alkyl halides is 3. The van der Waals surface area contributed by atoms with Crippen molar-refractivity contribution in [2.75, 3.05) is 10.6 Å². The van der Waals surface area contributed by atoms with Crippen LogP contribution in [0.4, 0.5) is 24.5 Å². The average molecular weight is 378 g/mol. The minimum absolute atomic E-state index is 0.0909. The van der Waals surface area contributed by atoms with E-state index in [1.807, 2.05) is 13.8 Å². The number of rotatable bonds is 6. The summed E-state index contributed by atoms with van der Waals surface area (Å²) in [6.45, 7) is 3.86. The monoisotopic (exact) mass is 378 g/mol. The molecule has 27 heavy (non-hydrogen) atoms. The van der Waals surface area contributed by atoms with Gasteiger partial charge in [-0.1, -0.05) is 26.0 Å². The van der Waals surface area contributed by atoms with Crippen LogP contribution in [0.1, 0.15) is 42.6 Å². The maximum absolute atomic E-state index is 13.0. The van der Waals surface area contributed by atoms with Gasteiger partial charge in [0.05, 0.1) is 11.3 Å². The highest BCUT2D eigenvalue weighted by atomic mass is 19.4. The number of nitrogens with one attached hydrogen (secondary N) is 2. The molecule has 0 radical (unpaired) electrons. The fourth-order valence-electron chi connectivity index (χ4n) is 2.64. The van der Waals surface area contributed by atoms with Crippen molar-refractivity contribution in [3.8, 4) is 0 Å². The second-order valence-corrected chi connectivity index (χ2v) is 6.08. The van der Waals surface area contributed by atoms with Crippen molar-refractivity contribution >= 4 is 23.2 Å². The van der Waals surface area contributed by atoms with Crippen LogP contribution in [-0.4, -0.2) is 11.8 Å². The van der Waals surface area contributed by atoms with E-state index in [0.717, 1.165) is 18.9 Å². The molecular formula is C20H21F3N2O2. The molecule has 0 bridgehead atoms. The summed E-state index contributed by atoms with van der Waals surface area (Å²) >= 11 is 0. The van der Waals surface area contributed by atoms with Crippen molar-refractivity contribution in [2.24, 2.45) is 5.92 Å². The number of amides is 2. The summed E-state index contributed by atoms with van der Waals surface area (Å²) in [5.41, 5.74) is -0.500. The first-order valence-electron chi connectivity index (χ1n) is 8.64. The van der Waals surface area contributed by atoms with Gasteiger partial charge in [0.15, 0.2) is 0 Å². The molecule has 0 aliphatic carbocycles. The molecule has 2 aromatic rings. The van der Waals surface area contributed by atoms with Gasteiger partial charge < -0.3 is 10.6 Å². The fraction of sp³-hybridized carbons (Fsp3) is 0.300. The molecule has 0 saturated carbocycles. The summed E-state index contributed by atoms with van der Waals surface area (Å²) in [5.74, 6) is -0.854. The Morgan fingerprint density at radius 2 is 1.52 bits per heavy atom. The maximum Gasteiger partial charge on any atom is 0.418 e. The van der Waals surface area contributed by atoms with Crippen molar-refractivity contribution in [2.45, 2.75) is 32.9 Å². The van der Waals surface area contributed by atoms with Gasteiger partial charge in [-0.3, -0.25) is 9.59 Å². The lowest BCUT2D eigenvalue weighted by Gasteiger charge is -2.14. The molecule has 0 fully saturated rings. The van der Waals surface area contributed by atoms with Crippen LogP contribution in [0, 0.1) is 5.92 Å². The van der Waals surface area contributed by atoms with E-state index < -0.39 is 17.6 Å². The van der Waals surface area contributed by atoms with Gasteiger partial charge in [0.25, 0.3) is 5.91 Å². The average Bonchev–Trinajstić information content (AvgIpc) is 2.63. The first kappa shape index (κ1) is 20.5. The Bertz CT molecular complexity index is 798. The molecule has 2 rings (SSSR count). The van der Waals surface area contributed by atoms with Crippen LogP contribution in [-0.2, 0) is 11.0 Å². The third-order valence-electron chi connectivity index (χ3n) is 4.25. The Kier molecular flexibility index (Phi) is 6.60. The molecular weight excluding hydrogens is 357 g/mol. The van der Waals surface area contributed by atoms with Gasteiger partial charge in [-0.05, 0) is 49.2 Å². The van der Waals surface area contributed by atoms with E-state index in [-0.39, 0.29) is 23.1 Å². The molecule has 0 aliphatic heterocycles. The number of carbonyl (C=O) groups excluding carboxylic acids is 2. The van der Waals surface area contributed by atoms with Gasteiger partial charge in [0.1, 0.15) is 0 Å². The maximum atomic E-state index is 13.0. The molecule has 0 spiro atoms. The van der Waals surface area contributed by atoms with Crippen molar-refractivity contribution in [1.29, 1.82) is 0 Å². The Hall–Kier alpha value is -2.83. The zero-order valence-electron chi connectivity index (χ0n) is 15.1. The molecule has 2 aromatic carbocycles. The van der Waals surface area contributed by atoms with Gasteiger partial charge in [0, 0.05) is 17.2 Å². The summed E-state index contributed by atoms with van der Waals surface area (Å²) in [7, 11) is 0. The van der Waals surface area contributed by atoms with E-state index in [9.17, 15) is 22.8 Å². The van der Waals surface area contributed by atoms with Crippen LogP contribution < -0.4 is 10.6 Å². The first-order valence-corrected chi connectivity index (χ1v) is 8.64. The molecule has 4 nitrogen and oxygen atoms in total. The Labute approximate surface area is 155 Å². The second-order valence-electron chi connectivity index (χ2n) is 6.08. The lowest BCUT2D eigenvalue weighted by atomic mass is 10.0. The van der Waals surface area contributed by atoms with Crippen LogP contribution in [0.2, 0.25) is 0 Å². The molecule has 2 amide bonds. The predicted molar refractivity (Wildman–Crippen MR) is 98.5 cm³/mol. The fourth-order valence-corrected chi connectivity index (χ4v) is 2.64. The third-order valence-corrected chi connectivity index (χ3v) is 4.25. The van der Waals surface area contributed by atoms with Gasteiger partial charge in [0.2, 0.25) is 5.91 Å². The molecule has 144 valence electrons. The van der Waals surface area contributed by atoms with Crippen LogP contribution in [0.25, 0.3) is 0 Å². The lowest BCUT2D eigenvalue weighted by Crippen LogP contribution is -2.21. The molecule has 0 aromatic heterocycles. The standard InChI is InChI=1S/C20H21F3N2O2/c1-3-13(4-2)18(26)24-15-11-9-14(10-12-15)19(27)25-17-8-6-5-7-16(17)20(21,22)23/h5-13H,3-4H2,1-2H3,(H,24,26)(H,25,27). The number of hydrogen-bond acceptors (Lipinski definition) is 2. The van der Waals surface area contributed by atoms with Crippen molar-refractivity contribution in [3.63, 3.8) is 0 Å². The molecule has 0 heterocycles. The lowest BCUT2D eigenvalue weighted by molar-refractivity contribution is -0.136. The quantitative estimate of drug-likeness (QED) is 0.714. The number of hydrogen-bond donors (Lipinski definition) is 2. The number of halogens is 3. The minimum Gasteiger partial charge on any atom is -0.326 e. The van der Waals surface area contributed by atoms with E-state index in [4.69, 9.17) is 0 Å². The smallest absolute Gasteiger partial charge is 0.326 e. The highest BCUT2D eigenvalue weighted by molar-refractivity contribution is 6.05. The Morgan fingerprint density at radius 1 is 0.926 bits per heavy atom. The summed E-state index contributed by atoms with van der Waals surface area (Å²) in [4.78, 5) is 24.3. The SMILES string of the molecule is CCC(CC)C(=O)Nc1ccc(C(=O)Nc2ccccc2C(F)(F)F)cc1. The van der Waals surface area contributed by atoms with E-state index in [1.165, 1.54) is 30.3 Å². The van der Waals surface area contributed by atoms with E-state index >= 15 is 0 Å². The molecule has 0 saturated heterocycles. The van der Waals surface area contributed by atoms with E-state index in [1.54, 1.807) is 12.1 Å². The molecule has 0 atom stereocenters. The van der Waals surface area contributed by atoms with Gasteiger partial charge in [-0.15, -0.1) is 0 Å². The third kappa shape index (κ3) is 5.32.